The first-order valence-corrected chi connectivity index (χ1v) is 7.40. The Morgan fingerprint density at radius 2 is 2.05 bits per heavy atom. The zero-order valence-electron chi connectivity index (χ0n) is 11.4. The molecule has 0 spiro atoms. The van der Waals surface area contributed by atoms with Gasteiger partial charge in [0.25, 0.3) is 0 Å². The van der Waals surface area contributed by atoms with Crippen molar-refractivity contribution in [1.82, 2.24) is 0 Å². The van der Waals surface area contributed by atoms with Crippen molar-refractivity contribution in [1.29, 1.82) is 0 Å². The molecule has 1 unspecified atom stereocenters. The van der Waals surface area contributed by atoms with Crippen LogP contribution in [0, 0.1) is 12.7 Å². The summed E-state index contributed by atoms with van der Waals surface area (Å²) < 4.78 is 30.8. The first-order chi connectivity index (χ1) is 9.52. The summed E-state index contributed by atoms with van der Waals surface area (Å²) in [6, 6.07) is 9.98. The number of rotatable bonds is 4. The first kappa shape index (κ1) is 14.5. The van der Waals surface area contributed by atoms with Crippen molar-refractivity contribution >= 4 is 16.5 Å². The van der Waals surface area contributed by atoms with Gasteiger partial charge in [0.2, 0.25) is 0 Å². The monoisotopic (exact) mass is 293 g/mol. The molecule has 0 aliphatic heterocycles. The number of anilines is 1. The summed E-state index contributed by atoms with van der Waals surface area (Å²) >= 11 is 0. The van der Waals surface area contributed by atoms with E-state index in [1.165, 1.54) is 19.2 Å². The number of methoxy groups -OCH3 is 1. The Morgan fingerprint density at radius 1 is 1.30 bits per heavy atom. The SMILES string of the molecule is COc1ccc(CS(=O)c2cccc(C)c2N)cc1F. The number of halogens is 1. The summed E-state index contributed by atoms with van der Waals surface area (Å²) in [4.78, 5) is 0.584. The lowest BCUT2D eigenvalue weighted by Gasteiger charge is -2.09. The van der Waals surface area contributed by atoms with Gasteiger partial charge < -0.3 is 10.5 Å². The van der Waals surface area contributed by atoms with Crippen LogP contribution >= 0.6 is 0 Å². The fraction of sp³-hybridized carbons (Fsp3) is 0.200. The third-order valence-corrected chi connectivity index (χ3v) is 4.49. The molecule has 1 atom stereocenters. The van der Waals surface area contributed by atoms with Crippen LogP contribution in [0.1, 0.15) is 11.1 Å². The van der Waals surface area contributed by atoms with Crippen molar-refractivity contribution in [3.05, 3.63) is 53.3 Å². The summed E-state index contributed by atoms with van der Waals surface area (Å²) in [6.45, 7) is 1.86. The van der Waals surface area contributed by atoms with Crippen LogP contribution < -0.4 is 10.5 Å². The maximum atomic E-state index is 13.6. The first-order valence-electron chi connectivity index (χ1n) is 6.09. The number of aryl methyl sites for hydroxylation is 1. The highest BCUT2D eigenvalue weighted by molar-refractivity contribution is 7.84. The lowest BCUT2D eigenvalue weighted by Crippen LogP contribution is -2.03. The van der Waals surface area contributed by atoms with Crippen LogP contribution in [0.5, 0.6) is 5.75 Å². The number of para-hydroxylation sites is 1. The lowest BCUT2D eigenvalue weighted by atomic mass is 10.2. The number of hydrogen-bond donors (Lipinski definition) is 1. The predicted octanol–water partition coefficient (Wildman–Crippen LogP) is 3.03. The molecule has 20 heavy (non-hydrogen) atoms. The molecular weight excluding hydrogens is 277 g/mol. The summed E-state index contributed by atoms with van der Waals surface area (Å²) in [7, 11) is 0.101. The van der Waals surface area contributed by atoms with Gasteiger partial charge in [0, 0.05) is 0 Å². The smallest absolute Gasteiger partial charge is 0.165 e. The minimum Gasteiger partial charge on any atom is -0.494 e. The minimum absolute atomic E-state index is 0.176. The van der Waals surface area contributed by atoms with Gasteiger partial charge in [0.1, 0.15) is 0 Å². The van der Waals surface area contributed by atoms with Crippen LogP contribution in [0.2, 0.25) is 0 Å². The van der Waals surface area contributed by atoms with Gasteiger partial charge >= 0.3 is 0 Å². The van der Waals surface area contributed by atoms with Crippen molar-refractivity contribution in [3.63, 3.8) is 0 Å². The number of benzene rings is 2. The number of nitrogen functional groups attached to an aromatic ring is 1. The molecule has 3 nitrogen and oxygen atoms in total. The highest BCUT2D eigenvalue weighted by atomic mass is 32.2. The fourth-order valence-electron chi connectivity index (χ4n) is 1.88. The van der Waals surface area contributed by atoms with E-state index in [9.17, 15) is 8.60 Å². The van der Waals surface area contributed by atoms with Gasteiger partial charge in [-0.1, -0.05) is 18.2 Å². The fourth-order valence-corrected chi connectivity index (χ4v) is 3.16. The molecule has 0 amide bonds. The van der Waals surface area contributed by atoms with E-state index in [0.717, 1.165) is 5.56 Å². The normalized spacial score (nSPS) is 12.2. The van der Waals surface area contributed by atoms with Crippen molar-refractivity contribution < 1.29 is 13.3 Å². The topological polar surface area (TPSA) is 52.3 Å². The number of nitrogens with two attached hydrogens (primary N) is 1. The van der Waals surface area contributed by atoms with Crippen molar-refractivity contribution in [2.45, 2.75) is 17.6 Å². The molecule has 0 heterocycles. The summed E-state index contributed by atoms with van der Waals surface area (Å²) in [5.41, 5.74) is 7.98. The highest BCUT2D eigenvalue weighted by Gasteiger charge is 2.12. The average molecular weight is 293 g/mol. The molecule has 0 bridgehead atoms. The van der Waals surface area contributed by atoms with E-state index in [-0.39, 0.29) is 11.5 Å². The van der Waals surface area contributed by atoms with Crippen LogP contribution in [0.4, 0.5) is 10.1 Å². The number of ether oxygens (including phenoxy) is 1. The summed E-state index contributed by atoms with van der Waals surface area (Å²) in [5, 5.41) is 0. The standard InChI is InChI=1S/C15H16FNO2S/c1-10-4-3-5-14(15(10)17)20(18)9-11-6-7-13(19-2)12(16)8-11/h3-8H,9,17H2,1-2H3. The molecule has 2 aromatic rings. The Morgan fingerprint density at radius 3 is 2.70 bits per heavy atom. The van der Waals surface area contributed by atoms with Crippen LogP contribution in [0.3, 0.4) is 0 Å². The van der Waals surface area contributed by atoms with Crippen LogP contribution in [-0.2, 0) is 16.6 Å². The highest BCUT2D eigenvalue weighted by Crippen LogP contribution is 2.24. The second kappa shape index (κ2) is 6.05. The lowest BCUT2D eigenvalue weighted by molar-refractivity contribution is 0.386. The second-order valence-corrected chi connectivity index (χ2v) is 5.87. The molecule has 0 aliphatic rings. The Balaban J connectivity index is 2.24. The molecule has 0 aliphatic carbocycles. The maximum Gasteiger partial charge on any atom is 0.165 e. The summed E-state index contributed by atoms with van der Waals surface area (Å²) in [6.07, 6.45) is 0. The van der Waals surface area contributed by atoms with Gasteiger partial charge in [0.05, 0.1) is 34.2 Å². The second-order valence-electron chi connectivity index (χ2n) is 4.45. The zero-order chi connectivity index (χ0) is 14.7. The van der Waals surface area contributed by atoms with E-state index < -0.39 is 16.6 Å². The van der Waals surface area contributed by atoms with E-state index in [2.05, 4.69) is 0 Å². The molecule has 106 valence electrons. The van der Waals surface area contributed by atoms with E-state index >= 15 is 0 Å². The molecule has 0 fully saturated rings. The number of hydrogen-bond acceptors (Lipinski definition) is 3. The van der Waals surface area contributed by atoms with E-state index in [1.54, 1.807) is 12.1 Å². The molecule has 2 N–H and O–H groups in total. The summed E-state index contributed by atoms with van der Waals surface area (Å²) in [5.74, 6) is -0.0667. The molecular formula is C15H16FNO2S. The Bertz CT molecular complexity index is 658. The van der Waals surface area contributed by atoms with Gasteiger partial charge in [-0.3, -0.25) is 4.21 Å². The largest absolute Gasteiger partial charge is 0.494 e. The zero-order valence-corrected chi connectivity index (χ0v) is 12.2. The molecule has 2 aromatic carbocycles. The Hall–Kier alpha value is -1.88. The van der Waals surface area contributed by atoms with Gasteiger partial charge in [-0.2, -0.15) is 0 Å². The molecule has 0 saturated heterocycles. The molecule has 0 saturated carbocycles. The van der Waals surface area contributed by atoms with Crippen LogP contribution in [0.25, 0.3) is 0 Å². The average Bonchev–Trinajstić information content (AvgIpc) is 2.42. The van der Waals surface area contributed by atoms with Gasteiger partial charge in [-0.05, 0) is 36.2 Å². The third kappa shape index (κ3) is 2.99. The molecule has 5 heteroatoms. The molecule has 2 rings (SSSR count). The van der Waals surface area contributed by atoms with Crippen LogP contribution in [0.15, 0.2) is 41.3 Å². The quantitative estimate of drug-likeness (QED) is 0.882. The van der Waals surface area contributed by atoms with Gasteiger partial charge in [-0.25, -0.2) is 4.39 Å². The molecule has 0 aromatic heterocycles. The van der Waals surface area contributed by atoms with Crippen molar-refractivity contribution in [2.24, 2.45) is 0 Å². The Labute approximate surface area is 120 Å². The van der Waals surface area contributed by atoms with Gasteiger partial charge in [0.15, 0.2) is 11.6 Å². The maximum absolute atomic E-state index is 13.6. The van der Waals surface area contributed by atoms with Gasteiger partial charge in [-0.15, -0.1) is 0 Å². The van der Waals surface area contributed by atoms with E-state index in [1.807, 2.05) is 19.1 Å². The van der Waals surface area contributed by atoms with Crippen LogP contribution in [-0.4, -0.2) is 11.3 Å². The molecule has 0 radical (unpaired) electrons. The minimum atomic E-state index is -1.31. The van der Waals surface area contributed by atoms with Crippen molar-refractivity contribution in [3.8, 4) is 5.75 Å². The van der Waals surface area contributed by atoms with E-state index in [4.69, 9.17) is 10.5 Å². The predicted molar refractivity (Wildman–Crippen MR) is 78.7 cm³/mol. The Kier molecular flexibility index (Phi) is 4.39. The van der Waals surface area contributed by atoms with Crippen molar-refractivity contribution in [2.75, 3.05) is 12.8 Å². The third-order valence-electron chi connectivity index (χ3n) is 3.04. The van der Waals surface area contributed by atoms with E-state index in [0.29, 0.717) is 16.1 Å².